The second-order valence-electron chi connectivity index (χ2n) is 6.34. The lowest BCUT2D eigenvalue weighted by molar-refractivity contribution is -0.0439. The molecule has 0 saturated heterocycles. The normalized spacial score (nSPS) is 14.6. The topological polar surface area (TPSA) is 44.5 Å². The number of hydrogen-bond donors (Lipinski definition) is 1. The molecule has 3 nitrogen and oxygen atoms in total. The Morgan fingerprint density at radius 1 is 1.19 bits per heavy atom. The first-order valence-corrected chi connectivity index (χ1v) is 9.02. The molecule has 0 aliphatic carbocycles. The van der Waals surface area contributed by atoms with Gasteiger partial charge >= 0.3 is 0 Å². The van der Waals surface area contributed by atoms with E-state index < -0.39 is 0 Å². The number of nitrogens with two attached hydrogens (primary N) is 1. The van der Waals surface area contributed by atoms with Crippen LogP contribution in [0.4, 0.5) is 0 Å². The average molecular weight is 317 g/mol. The van der Waals surface area contributed by atoms with Crippen molar-refractivity contribution in [3.63, 3.8) is 0 Å². The van der Waals surface area contributed by atoms with Crippen molar-refractivity contribution in [1.82, 2.24) is 0 Å². The van der Waals surface area contributed by atoms with Gasteiger partial charge in [-0.2, -0.15) is 0 Å². The lowest BCUT2D eigenvalue weighted by atomic mass is 10.0. The third kappa shape index (κ3) is 10.1. The van der Waals surface area contributed by atoms with Gasteiger partial charge in [0.1, 0.15) is 5.60 Å². The smallest absolute Gasteiger partial charge is 0.289 e. The highest BCUT2D eigenvalue weighted by molar-refractivity contribution is 8.04. The molecule has 0 heterocycles. The minimum absolute atomic E-state index is 0.258. The Bertz CT molecular complexity index is 298. The Morgan fingerprint density at radius 3 is 2.29 bits per heavy atom. The van der Waals surface area contributed by atoms with Crippen molar-refractivity contribution in [3.8, 4) is 0 Å². The number of ether oxygens (including phenoxy) is 2. The van der Waals surface area contributed by atoms with Crippen molar-refractivity contribution in [2.75, 3.05) is 13.2 Å². The van der Waals surface area contributed by atoms with E-state index in [0.717, 1.165) is 24.3 Å². The van der Waals surface area contributed by atoms with E-state index >= 15 is 0 Å². The van der Waals surface area contributed by atoms with Crippen LogP contribution in [0.25, 0.3) is 0 Å². The van der Waals surface area contributed by atoms with E-state index in [1.54, 1.807) is 0 Å². The van der Waals surface area contributed by atoms with E-state index in [2.05, 4.69) is 13.2 Å². The second-order valence-corrected chi connectivity index (χ2v) is 7.06. The number of thioether (sulfide) groups is 1. The Balaban J connectivity index is 4.66. The summed E-state index contributed by atoms with van der Waals surface area (Å²) in [6, 6.07) is 0. The van der Waals surface area contributed by atoms with Crippen LogP contribution in [0.15, 0.2) is 10.9 Å². The second kappa shape index (κ2) is 11.2. The fraction of sp³-hybridized carbons (Fsp3) is 0.824. The van der Waals surface area contributed by atoms with Crippen LogP contribution in [0.2, 0.25) is 0 Å². The zero-order valence-corrected chi connectivity index (χ0v) is 15.4. The predicted octanol–water partition coefficient (Wildman–Crippen LogP) is 5.08. The van der Waals surface area contributed by atoms with Crippen molar-refractivity contribution in [2.24, 2.45) is 11.7 Å². The summed E-state index contributed by atoms with van der Waals surface area (Å²) in [4.78, 5) is 1.12. The van der Waals surface area contributed by atoms with Gasteiger partial charge in [0.25, 0.3) is 5.95 Å². The maximum atomic E-state index is 5.98. The maximum Gasteiger partial charge on any atom is 0.289 e. The van der Waals surface area contributed by atoms with Crippen LogP contribution in [0.5, 0.6) is 0 Å². The van der Waals surface area contributed by atoms with Gasteiger partial charge in [0.2, 0.25) is 0 Å². The molecule has 0 amide bonds. The molecule has 21 heavy (non-hydrogen) atoms. The standard InChI is InChI=1S/C17H34NO2S/c1-7-19-16(20-17(3,4)5)15(21-6)14(2)12-10-8-9-11-13-18/h14H,6-13,18H2,1-5H3/t14-/m0/s1. The van der Waals surface area contributed by atoms with Gasteiger partial charge in [0, 0.05) is 6.26 Å². The summed E-state index contributed by atoms with van der Waals surface area (Å²) < 4.78 is 11.7. The van der Waals surface area contributed by atoms with Crippen LogP contribution in [-0.2, 0) is 9.47 Å². The zero-order chi connectivity index (χ0) is 16.3. The van der Waals surface area contributed by atoms with Gasteiger partial charge < -0.3 is 15.2 Å². The highest BCUT2D eigenvalue weighted by atomic mass is 32.2. The van der Waals surface area contributed by atoms with Crippen molar-refractivity contribution in [1.29, 1.82) is 0 Å². The van der Waals surface area contributed by atoms with Crippen molar-refractivity contribution >= 4 is 11.8 Å². The van der Waals surface area contributed by atoms with Gasteiger partial charge in [-0.25, -0.2) is 0 Å². The third-order valence-electron chi connectivity index (χ3n) is 3.07. The molecule has 0 bridgehead atoms. The SMILES string of the molecule is [CH2]SC(=C(OCC)OC(C)(C)C)[C@@H](C)CCCCCCN. The number of hydrogen-bond acceptors (Lipinski definition) is 4. The fourth-order valence-corrected chi connectivity index (χ4v) is 2.66. The molecule has 0 unspecified atom stereocenters. The molecule has 125 valence electrons. The van der Waals surface area contributed by atoms with Gasteiger partial charge in [-0.3, -0.25) is 0 Å². The number of rotatable bonds is 11. The Kier molecular flexibility index (Phi) is 11.1. The van der Waals surface area contributed by atoms with Crippen LogP contribution in [-0.4, -0.2) is 18.8 Å². The summed E-state index contributed by atoms with van der Waals surface area (Å²) >= 11 is 1.49. The molecule has 0 rings (SSSR count). The van der Waals surface area contributed by atoms with Crippen LogP contribution in [0, 0.1) is 12.2 Å². The third-order valence-corrected chi connectivity index (χ3v) is 3.95. The van der Waals surface area contributed by atoms with E-state index in [4.69, 9.17) is 15.2 Å². The summed E-state index contributed by atoms with van der Waals surface area (Å²) in [6.45, 7) is 11.7. The van der Waals surface area contributed by atoms with Crippen molar-refractivity contribution in [2.45, 2.75) is 72.3 Å². The quantitative estimate of drug-likeness (QED) is 0.426. The molecule has 0 aliphatic rings. The first-order valence-electron chi connectivity index (χ1n) is 8.03. The molecule has 0 aliphatic heterocycles. The lowest BCUT2D eigenvalue weighted by Gasteiger charge is -2.26. The molecule has 0 fully saturated rings. The van der Waals surface area contributed by atoms with Crippen molar-refractivity contribution in [3.05, 3.63) is 17.1 Å². The van der Waals surface area contributed by atoms with E-state index in [0.29, 0.717) is 18.5 Å². The molecular weight excluding hydrogens is 282 g/mol. The number of allylic oxidation sites excluding steroid dienone is 1. The summed E-state index contributed by atoms with van der Waals surface area (Å²) in [5, 5.41) is 0. The van der Waals surface area contributed by atoms with Gasteiger partial charge in [0.15, 0.2) is 0 Å². The van der Waals surface area contributed by atoms with Crippen LogP contribution in [0.3, 0.4) is 0 Å². The molecule has 0 aromatic rings. The predicted molar refractivity (Wildman–Crippen MR) is 93.7 cm³/mol. The fourth-order valence-electron chi connectivity index (χ4n) is 2.04. The molecule has 0 saturated carbocycles. The molecular formula is C17H34NO2S. The highest BCUT2D eigenvalue weighted by Gasteiger charge is 2.21. The molecule has 0 aromatic heterocycles. The van der Waals surface area contributed by atoms with Gasteiger partial charge in [-0.05, 0) is 53.0 Å². The molecule has 1 atom stereocenters. The van der Waals surface area contributed by atoms with Crippen LogP contribution >= 0.6 is 11.8 Å². The average Bonchev–Trinajstić information content (AvgIpc) is 2.37. The summed E-state index contributed by atoms with van der Waals surface area (Å²) in [7, 11) is 0. The van der Waals surface area contributed by atoms with E-state index in [9.17, 15) is 0 Å². The molecule has 1 radical (unpaired) electrons. The van der Waals surface area contributed by atoms with Gasteiger partial charge in [-0.15, -0.1) is 11.8 Å². The first kappa shape index (κ1) is 20.6. The molecule has 0 spiro atoms. The monoisotopic (exact) mass is 316 g/mol. The minimum Gasteiger partial charge on any atom is -0.465 e. The summed E-state index contributed by atoms with van der Waals surface area (Å²) in [6.07, 6.45) is 9.90. The highest BCUT2D eigenvalue weighted by Crippen LogP contribution is 2.33. The van der Waals surface area contributed by atoms with Crippen LogP contribution < -0.4 is 5.73 Å². The zero-order valence-electron chi connectivity index (χ0n) is 14.5. The van der Waals surface area contributed by atoms with E-state index in [1.807, 2.05) is 27.7 Å². The summed E-state index contributed by atoms with van der Waals surface area (Å²) in [5.74, 6) is 1.06. The Hall–Kier alpha value is -0.350. The lowest BCUT2D eigenvalue weighted by Crippen LogP contribution is -2.21. The molecule has 4 heteroatoms. The first-order chi connectivity index (χ1) is 9.85. The summed E-state index contributed by atoms with van der Waals surface area (Å²) in [5.41, 5.74) is 5.26. The molecule has 2 N–H and O–H groups in total. The Labute approximate surface area is 136 Å². The Morgan fingerprint density at radius 2 is 1.81 bits per heavy atom. The maximum absolute atomic E-state index is 5.98. The van der Waals surface area contributed by atoms with Gasteiger partial charge in [0.05, 0.1) is 11.5 Å². The van der Waals surface area contributed by atoms with Crippen molar-refractivity contribution < 1.29 is 9.47 Å². The van der Waals surface area contributed by atoms with E-state index in [-0.39, 0.29) is 5.60 Å². The minimum atomic E-state index is -0.258. The van der Waals surface area contributed by atoms with Crippen LogP contribution in [0.1, 0.15) is 66.7 Å². The largest absolute Gasteiger partial charge is 0.465 e. The number of unbranched alkanes of at least 4 members (excludes halogenated alkanes) is 3. The van der Waals surface area contributed by atoms with Gasteiger partial charge in [-0.1, -0.05) is 26.2 Å². The molecule has 0 aromatic carbocycles. The van der Waals surface area contributed by atoms with E-state index in [1.165, 1.54) is 31.0 Å².